The molecule has 0 heterocycles. The molecule has 0 bridgehead atoms. The molecule has 0 amide bonds. The second-order valence-corrected chi connectivity index (χ2v) is 3.47. The molecule has 5 N–H and O–H groups in total. The molecule has 0 aliphatic rings. The Bertz CT molecular complexity index is 304. The van der Waals surface area contributed by atoms with Crippen LogP contribution in [-0.2, 0) is 0 Å². The van der Waals surface area contributed by atoms with Gasteiger partial charge in [0.2, 0.25) is 0 Å². The van der Waals surface area contributed by atoms with Crippen molar-refractivity contribution in [2.45, 2.75) is 0 Å². The quantitative estimate of drug-likeness (QED) is 0.365. The van der Waals surface area contributed by atoms with Gasteiger partial charge in [-0.15, -0.1) is 0 Å². The Morgan fingerprint density at radius 3 is 2.69 bits per heavy atom. The van der Waals surface area contributed by atoms with E-state index in [2.05, 4.69) is 32.2 Å². The second kappa shape index (κ2) is 5.13. The van der Waals surface area contributed by atoms with E-state index in [-0.39, 0.29) is 0 Å². The molecule has 0 saturated carbocycles. The molecule has 0 aliphatic carbocycles. The number of nitrogens with one attached hydrogen (secondary N) is 3. The Morgan fingerprint density at radius 1 is 1.38 bits per heavy atom. The average Bonchev–Trinajstić information content (AvgIpc) is 2.09. The molecule has 0 fully saturated rings. The third-order valence-electron chi connectivity index (χ3n) is 1.31. The molecule has 1 aromatic carbocycles. The van der Waals surface area contributed by atoms with E-state index in [1.165, 1.54) is 0 Å². The number of para-hydroxylation sites is 1. The molecule has 0 saturated heterocycles. The molecule has 6 heteroatoms. The van der Waals surface area contributed by atoms with Gasteiger partial charge in [-0.1, -0.05) is 12.1 Å². The minimum Gasteiger partial charge on any atom is -0.331 e. The summed E-state index contributed by atoms with van der Waals surface area (Å²) in [6, 6.07) is 7.65. The summed E-state index contributed by atoms with van der Waals surface area (Å²) >= 11 is 8.28. The minimum atomic E-state index is 0.411. The average molecular weight is 261 g/mol. The van der Waals surface area contributed by atoms with Gasteiger partial charge < -0.3 is 5.32 Å². The molecule has 1 rings (SSSR count). The summed E-state index contributed by atoms with van der Waals surface area (Å²) in [6.45, 7) is 0. The first-order valence-corrected chi connectivity index (χ1v) is 4.71. The zero-order chi connectivity index (χ0) is 9.68. The standard InChI is InChI=1S/C7H9BrN4S/c8-5-3-1-2-4-6(5)10-7(13)11-12-9/h1-4,12H,9H2,(H2,10,11,13). The van der Waals surface area contributed by atoms with Crippen molar-refractivity contribution in [3.63, 3.8) is 0 Å². The van der Waals surface area contributed by atoms with Crippen LogP contribution in [0.1, 0.15) is 0 Å². The van der Waals surface area contributed by atoms with Crippen molar-refractivity contribution < 1.29 is 0 Å². The van der Waals surface area contributed by atoms with Gasteiger partial charge in [-0.05, 0) is 40.3 Å². The molecule has 4 nitrogen and oxygen atoms in total. The molecule has 13 heavy (non-hydrogen) atoms. The number of nitrogens with two attached hydrogens (primary N) is 1. The van der Waals surface area contributed by atoms with Crippen LogP contribution in [-0.4, -0.2) is 5.11 Å². The van der Waals surface area contributed by atoms with E-state index in [0.717, 1.165) is 10.2 Å². The highest BCUT2D eigenvalue weighted by Crippen LogP contribution is 2.20. The van der Waals surface area contributed by atoms with Gasteiger partial charge in [-0.2, -0.15) is 5.53 Å². The summed E-state index contributed by atoms with van der Waals surface area (Å²) in [4.78, 5) is 0. The Hall–Kier alpha value is -0.690. The maximum Gasteiger partial charge on any atom is 0.186 e. The summed E-state index contributed by atoms with van der Waals surface area (Å²) in [7, 11) is 0. The predicted octanol–water partition coefficient (Wildman–Crippen LogP) is 1.11. The third-order valence-corrected chi connectivity index (χ3v) is 2.20. The molecule has 1 aromatic rings. The van der Waals surface area contributed by atoms with Crippen LogP contribution in [0.25, 0.3) is 0 Å². The van der Waals surface area contributed by atoms with Gasteiger partial charge >= 0.3 is 0 Å². The van der Waals surface area contributed by atoms with E-state index in [1.54, 1.807) is 0 Å². The molecule has 70 valence electrons. The van der Waals surface area contributed by atoms with Crippen LogP contribution in [0.5, 0.6) is 0 Å². The van der Waals surface area contributed by atoms with Gasteiger partial charge in [0, 0.05) is 4.47 Å². The van der Waals surface area contributed by atoms with Gasteiger partial charge in [0.15, 0.2) is 5.11 Å². The fourth-order valence-electron chi connectivity index (χ4n) is 0.782. The van der Waals surface area contributed by atoms with Crippen LogP contribution in [0, 0.1) is 0 Å². The monoisotopic (exact) mass is 260 g/mol. The van der Waals surface area contributed by atoms with E-state index >= 15 is 0 Å². The molecule has 0 atom stereocenters. The predicted molar refractivity (Wildman–Crippen MR) is 60.8 cm³/mol. The van der Waals surface area contributed by atoms with Crippen LogP contribution >= 0.6 is 28.1 Å². The van der Waals surface area contributed by atoms with Crippen LogP contribution in [0.2, 0.25) is 0 Å². The van der Waals surface area contributed by atoms with E-state index in [1.807, 2.05) is 24.3 Å². The van der Waals surface area contributed by atoms with Gasteiger partial charge in [-0.25, -0.2) is 0 Å². The Balaban J connectivity index is 2.63. The lowest BCUT2D eigenvalue weighted by Gasteiger charge is -2.09. The number of thiocarbonyl (C=S) groups is 1. The maximum absolute atomic E-state index is 5.02. The first-order chi connectivity index (χ1) is 6.24. The van der Waals surface area contributed by atoms with E-state index < -0.39 is 0 Å². The zero-order valence-corrected chi connectivity index (χ0v) is 9.08. The van der Waals surface area contributed by atoms with Crippen molar-refractivity contribution in [2.24, 2.45) is 5.84 Å². The first-order valence-electron chi connectivity index (χ1n) is 3.51. The molecule has 0 unspecified atom stereocenters. The van der Waals surface area contributed by atoms with Crippen molar-refractivity contribution in [1.29, 1.82) is 0 Å². The first kappa shape index (κ1) is 10.4. The molecule has 0 spiro atoms. The molecule has 0 aromatic heterocycles. The number of rotatable bonds is 2. The fraction of sp³-hybridized carbons (Fsp3) is 0. The lowest BCUT2D eigenvalue weighted by Crippen LogP contribution is -2.44. The molecule has 0 aliphatic heterocycles. The number of halogens is 1. The minimum absolute atomic E-state index is 0.411. The lowest BCUT2D eigenvalue weighted by molar-refractivity contribution is 0.702. The summed E-state index contributed by atoms with van der Waals surface area (Å²) in [6.07, 6.45) is 0. The topological polar surface area (TPSA) is 62.1 Å². The summed E-state index contributed by atoms with van der Waals surface area (Å²) in [5, 5.41) is 3.35. The van der Waals surface area contributed by atoms with Gasteiger partial charge in [-0.3, -0.25) is 11.3 Å². The van der Waals surface area contributed by atoms with E-state index in [4.69, 9.17) is 18.1 Å². The molecular formula is C7H9BrN4S. The summed E-state index contributed by atoms with van der Waals surface area (Å²) < 4.78 is 0.941. The highest BCUT2D eigenvalue weighted by atomic mass is 79.9. The largest absolute Gasteiger partial charge is 0.331 e. The van der Waals surface area contributed by atoms with Crippen molar-refractivity contribution >= 4 is 38.9 Å². The van der Waals surface area contributed by atoms with Gasteiger partial charge in [0.25, 0.3) is 0 Å². The Labute approximate surface area is 90.0 Å². The van der Waals surface area contributed by atoms with Crippen molar-refractivity contribution in [3.05, 3.63) is 28.7 Å². The Kier molecular flexibility index (Phi) is 4.10. The maximum atomic E-state index is 5.02. The Morgan fingerprint density at radius 2 is 2.08 bits per heavy atom. The normalized spacial score (nSPS) is 9.38. The highest BCUT2D eigenvalue weighted by molar-refractivity contribution is 9.10. The van der Waals surface area contributed by atoms with Crippen LogP contribution in [0.15, 0.2) is 28.7 Å². The zero-order valence-electron chi connectivity index (χ0n) is 6.67. The van der Waals surface area contributed by atoms with Gasteiger partial charge in [0.1, 0.15) is 0 Å². The summed E-state index contributed by atoms with van der Waals surface area (Å²) in [5.41, 5.74) is 5.67. The lowest BCUT2D eigenvalue weighted by atomic mass is 10.3. The molecular weight excluding hydrogens is 252 g/mol. The number of hydrazine groups is 2. The second-order valence-electron chi connectivity index (χ2n) is 2.20. The number of hydrogen-bond acceptors (Lipinski definition) is 3. The number of benzene rings is 1. The van der Waals surface area contributed by atoms with Crippen LogP contribution in [0.3, 0.4) is 0 Å². The molecule has 0 radical (unpaired) electrons. The third kappa shape index (κ3) is 3.27. The highest BCUT2D eigenvalue weighted by Gasteiger charge is 1.98. The fourth-order valence-corrected chi connectivity index (χ4v) is 1.33. The van der Waals surface area contributed by atoms with Crippen molar-refractivity contribution in [3.8, 4) is 0 Å². The number of anilines is 1. The van der Waals surface area contributed by atoms with E-state index in [9.17, 15) is 0 Å². The van der Waals surface area contributed by atoms with Crippen molar-refractivity contribution in [1.82, 2.24) is 11.0 Å². The smallest absolute Gasteiger partial charge is 0.186 e. The summed E-state index contributed by atoms with van der Waals surface area (Å²) in [5.74, 6) is 5.02. The van der Waals surface area contributed by atoms with E-state index in [0.29, 0.717) is 5.11 Å². The van der Waals surface area contributed by atoms with Crippen LogP contribution < -0.4 is 22.1 Å². The number of hydrogen-bond donors (Lipinski definition) is 4. The van der Waals surface area contributed by atoms with Gasteiger partial charge in [0.05, 0.1) is 5.69 Å². The van der Waals surface area contributed by atoms with Crippen molar-refractivity contribution in [2.75, 3.05) is 5.32 Å². The van der Waals surface area contributed by atoms with Crippen LogP contribution in [0.4, 0.5) is 5.69 Å². The SMILES string of the molecule is NNNC(=S)Nc1ccccc1Br.